The summed E-state index contributed by atoms with van der Waals surface area (Å²) in [7, 11) is 1.42. The molecule has 1 rings (SSSR count). The fourth-order valence-corrected chi connectivity index (χ4v) is 2.44. The number of ketones is 1. The van der Waals surface area contributed by atoms with Gasteiger partial charge in [-0.2, -0.15) is 0 Å². The van der Waals surface area contributed by atoms with Gasteiger partial charge in [0.05, 0.1) is 25.6 Å². The average Bonchev–Trinajstić information content (AvgIpc) is 2.73. The minimum absolute atomic E-state index is 0.0149. The molecule has 0 saturated carbocycles. The maximum atomic E-state index is 12.8. The van der Waals surface area contributed by atoms with Crippen LogP contribution in [-0.4, -0.2) is 55.9 Å². The first-order valence-corrected chi connectivity index (χ1v) is 10.3. The lowest BCUT2D eigenvalue weighted by Gasteiger charge is -2.17. The van der Waals surface area contributed by atoms with Crippen molar-refractivity contribution in [3.05, 3.63) is 18.0 Å². The van der Waals surface area contributed by atoms with Crippen molar-refractivity contribution >= 4 is 17.7 Å². The second-order valence-corrected chi connectivity index (χ2v) is 7.42. The lowest BCUT2D eigenvalue weighted by Crippen LogP contribution is -2.26. The Morgan fingerprint density at radius 2 is 1.81 bits per heavy atom. The van der Waals surface area contributed by atoms with Gasteiger partial charge in [-0.15, -0.1) is 0 Å². The van der Waals surface area contributed by atoms with E-state index in [1.165, 1.54) is 19.4 Å². The van der Waals surface area contributed by atoms with Crippen molar-refractivity contribution in [2.75, 3.05) is 27.1 Å². The smallest absolute Gasteiger partial charge is 0.311 e. The molecule has 9 nitrogen and oxygen atoms in total. The van der Waals surface area contributed by atoms with Gasteiger partial charge in [-0.25, -0.2) is 4.98 Å². The van der Waals surface area contributed by atoms with Crippen molar-refractivity contribution in [3.8, 4) is 11.5 Å². The molecule has 0 spiro atoms. The fourth-order valence-electron chi connectivity index (χ4n) is 2.44. The van der Waals surface area contributed by atoms with Crippen LogP contribution in [0.5, 0.6) is 11.5 Å². The third-order valence-corrected chi connectivity index (χ3v) is 4.14. The number of hydrogen-bond acceptors (Lipinski definition) is 9. The van der Waals surface area contributed by atoms with Gasteiger partial charge in [-0.1, -0.05) is 27.7 Å². The van der Waals surface area contributed by atoms with Crippen LogP contribution in [0, 0.1) is 11.8 Å². The van der Waals surface area contributed by atoms with E-state index in [9.17, 15) is 14.4 Å². The van der Waals surface area contributed by atoms with E-state index in [0.29, 0.717) is 13.2 Å². The first kappa shape index (κ1) is 26.4. The third-order valence-electron chi connectivity index (χ3n) is 4.14. The molecule has 0 bridgehead atoms. The lowest BCUT2D eigenvalue weighted by atomic mass is 10.0. The second kappa shape index (κ2) is 13.6. The summed E-state index contributed by atoms with van der Waals surface area (Å²) in [5, 5.41) is 0. The number of ether oxygens (including phenoxy) is 5. The Labute approximate surface area is 183 Å². The van der Waals surface area contributed by atoms with Crippen molar-refractivity contribution in [1.82, 2.24) is 4.98 Å². The third kappa shape index (κ3) is 8.92. The topological polar surface area (TPSA) is 110 Å². The van der Waals surface area contributed by atoms with Gasteiger partial charge in [0.1, 0.15) is 6.10 Å². The Bertz CT molecular complexity index is 734. The van der Waals surface area contributed by atoms with Crippen LogP contribution in [-0.2, 0) is 23.8 Å². The van der Waals surface area contributed by atoms with Crippen LogP contribution < -0.4 is 9.47 Å². The number of methoxy groups -OCH3 is 1. The summed E-state index contributed by atoms with van der Waals surface area (Å²) in [6.07, 6.45) is 1.72. The van der Waals surface area contributed by atoms with Crippen LogP contribution in [0.2, 0.25) is 0 Å². The highest BCUT2D eigenvalue weighted by Crippen LogP contribution is 2.31. The van der Waals surface area contributed by atoms with Gasteiger partial charge in [-0.05, 0) is 13.3 Å². The van der Waals surface area contributed by atoms with E-state index in [0.717, 1.165) is 6.42 Å². The van der Waals surface area contributed by atoms with Crippen LogP contribution >= 0.6 is 0 Å². The van der Waals surface area contributed by atoms with Crippen LogP contribution in [0.25, 0.3) is 0 Å². The van der Waals surface area contributed by atoms with Gasteiger partial charge in [0, 0.05) is 25.3 Å². The SMILES string of the molecule is CCCOC[C@H](C)OC(=O)[C@H](C)CC(=O)c1nccc(OC)c1OCOC(=O)C(C)C. The maximum Gasteiger partial charge on any atom is 0.311 e. The van der Waals surface area contributed by atoms with Crippen molar-refractivity contribution in [3.63, 3.8) is 0 Å². The molecule has 0 amide bonds. The molecule has 0 fully saturated rings. The Balaban J connectivity index is 2.78. The normalized spacial score (nSPS) is 12.7. The van der Waals surface area contributed by atoms with Crippen LogP contribution in [0.3, 0.4) is 0 Å². The molecule has 31 heavy (non-hydrogen) atoms. The molecule has 0 aliphatic heterocycles. The molecule has 0 N–H and O–H groups in total. The molecule has 1 aromatic rings. The maximum absolute atomic E-state index is 12.8. The number of Topliss-reactive ketones (excluding diaryl/α,β-unsaturated/α-hetero) is 1. The Hall–Kier alpha value is -2.68. The molecule has 0 radical (unpaired) electrons. The van der Waals surface area contributed by atoms with E-state index in [1.54, 1.807) is 27.7 Å². The number of nitrogens with zero attached hydrogens (tertiary/aromatic N) is 1. The highest BCUT2D eigenvalue weighted by Gasteiger charge is 2.26. The molecule has 0 saturated heterocycles. The molecular formula is C22H33NO8. The van der Waals surface area contributed by atoms with Crippen molar-refractivity contribution < 1.29 is 38.1 Å². The van der Waals surface area contributed by atoms with Crippen LogP contribution in [0.4, 0.5) is 0 Å². The number of pyridine rings is 1. The summed E-state index contributed by atoms with van der Waals surface area (Å²) in [6, 6.07) is 1.52. The predicted molar refractivity (Wildman–Crippen MR) is 112 cm³/mol. The summed E-state index contributed by atoms with van der Waals surface area (Å²) in [4.78, 5) is 40.8. The zero-order chi connectivity index (χ0) is 23.4. The Kier molecular flexibility index (Phi) is 11.6. The largest absolute Gasteiger partial charge is 0.493 e. The summed E-state index contributed by atoms with van der Waals surface area (Å²) >= 11 is 0. The fraction of sp³-hybridized carbons (Fsp3) is 0.636. The number of esters is 2. The van der Waals surface area contributed by atoms with E-state index in [4.69, 9.17) is 23.7 Å². The number of carbonyl (C=O) groups is 3. The first-order chi connectivity index (χ1) is 14.7. The minimum Gasteiger partial charge on any atom is -0.493 e. The molecule has 0 aliphatic carbocycles. The summed E-state index contributed by atoms with van der Waals surface area (Å²) in [5.74, 6) is -2.07. The van der Waals surface area contributed by atoms with Gasteiger partial charge in [0.15, 0.2) is 23.0 Å². The van der Waals surface area contributed by atoms with Crippen molar-refractivity contribution in [2.45, 2.75) is 53.6 Å². The molecule has 174 valence electrons. The van der Waals surface area contributed by atoms with Crippen LogP contribution in [0.1, 0.15) is 57.9 Å². The van der Waals surface area contributed by atoms with Crippen LogP contribution in [0.15, 0.2) is 12.3 Å². The lowest BCUT2D eigenvalue weighted by molar-refractivity contribution is -0.155. The molecule has 0 aromatic carbocycles. The summed E-state index contributed by atoms with van der Waals surface area (Å²) < 4.78 is 26.4. The van der Waals surface area contributed by atoms with Gasteiger partial charge >= 0.3 is 11.9 Å². The van der Waals surface area contributed by atoms with E-state index in [2.05, 4.69) is 4.98 Å². The zero-order valence-corrected chi connectivity index (χ0v) is 19.1. The number of hydrogen-bond donors (Lipinski definition) is 0. The predicted octanol–water partition coefficient (Wildman–Crippen LogP) is 3.19. The zero-order valence-electron chi connectivity index (χ0n) is 19.1. The monoisotopic (exact) mass is 439 g/mol. The highest BCUT2D eigenvalue weighted by molar-refractivity contribution is 5.99. The highest BCUT2D eigenvalue weighted by atomic mass is 16.7. The summed E-state index contributed by atoms with van der Waals surface area (Å²) in [5.41, 5.74) is -0.0149. The molecule has 9 heteroatoms. The van der Waals surface area contributed by atoms with Gasteiger partial charge in [0.25, 0.3) is 0 Å². The average molecular weight is 440 g/mol. The van der Waals surface area contributed by atoms with Crippen molar-refractivity contribution in [1.29, 1.82) is 0 Å². The summed E-state index contributed by atoms with van der Waals surface area (Å²) in [6.45, 7) is 9.20. The minimum atomic E-state index is -0.694. The molecule has 0 unspecified atom stereocenters. The molecule has 2 atom stereocenters. The number of aromatic nitrogens is 1. The molecule has 1 heterocycles. The second-order valence-electron chi connectivity index (χ2n) is 7.42. The van der Waals surface area contributed by atoms with E-state index >= 15 is 0 Å². The standard InChI is InChI=1S/C22H33NO8/c1-7-10-28-12-16(5)31-22(26)15(4)11-17(24)19-20(18(27-6)8-9-23-19)29-13-30-21(25)14(2)3/h8-9,14-16H,7,10-13H2,1-6H3/t15-,16+/m1/s1. The Morgan fingerprint density at radius 1 is 1.10 bits per heavy atom. The Morgan fingerprint density at radius 3 is 2.42 bits per heavy atom. The van der Waals surface area contributed by atoms with Crippen molar-refractivity contribution in [2.24, 2.45) is 11.8 Å². The van der Waals surface area contributed by atoms with Gasteiger partial charge < -0.3 is 23.7 Å². The van der Waals surface area contributed by atoms with Gasteiger partial charge in [0.2, 0.25) is 6.79 Å². The molecule has 0 aliphatic rings. The van der Waals surface area contributed by atoms with Gasteiger partial charge in [-0.3, -0.25) is 14.4 Å². The first-order valence-electron chi connectivity index (χ1n) is 10.3. The quantitative estimate of drug-likeness (QED) is 0.187. The molecule has 1 aromatic heterocycles. The van der Waals surface area contributed by atoms with E-state index < -0.39 is 36.5 Å². The number of rotatable bonds is 14. The number of carbonyl (C=O) groups excluding carboxylic acids is 3. The molecular weight excluding hydrogens is 406 g/mol. The van der Waals surface area contributed by atoms with E-state index in [-0.39, 0.29) is 29.5 Å². The van der Waals surface area contributed by atoms with E-state index in [1.807, 2.05) is 6.92 Å².